The van der Waals surface area contributed by atoms with Crippen LogP contribution in [-0.4, -0.2) is 21.0 Å². The number of aromatic nitrogens is 2. The third kappa shape index (κ3) is 4.91. The monoisotopic (exact) mass is 537 g/mol. The lowest BCUT2D eigenvalue weighted by molar-refractivity contribution is 0.0931. The summed E-state index contributed by atoms with van der Waals surface area (Å²) in [6.07, 6.45) is 1.99. The predicted molar refractivity (Wildman–Crippen MR) is 153 cm³/mol. The largest absolute Gasteiger partial charge is 0.508 e. The maximum atomic E-state index is 13.5. The van der Waals surface area contributed by atoms with Gasteiger partial charge in [0.1, 0.15) is 17.4 Å². The van der Waals surface area contributed by atoms with Gasteiger partial charge < -0.3 is 15.4 Å². The number of nitrogens with one attached hydrogen (secondary N) is 2. The molecule has 1 fully saturated rings. The van der Waals surface area contributed by atoms with Gasteiger partial charge in [-0.15, -0.1) is 0 Å². The van der Waals surface area contributed by atoms with E-state index in [-0.39, 0.29) is 23.5 Å². The molecule has 7 heteroatoms. The van der Waals surface area contributed by atoms with Crippen molar-refractivity contribution in [3.05, 3.63) is 119 Å². The van der Waals surface area contributed by atoms with Crippen LogP contribution in [-0.2, 0) is 0 Å². The van der Waals surface area contributed by atoms with E-state index in [1.807, 2.05) is 36.4 Å². The summed E-state index contributed by atoms with van der Waals surface area (Å²) in [5.74, 6) is 0.147. The molecule has 39 heavy (non-hydrogen) atoms. The second kappa shape index (κ2) is 10.0. The van der Waals surface area contributed by atoms with E-state index in [4.69, 9.17) is 16.6 Å². The van der Waals surface area contributed by atoms with Crippen molar-refractivity contribution in [2.24, 2.45) is 5.92 Å². The highest BCUT2D eigenvalue weighted by Gasteiger charge is 2.33. The molecular formula is C32H25ClFN3O2. The van der Waals surface area contributed by atoms with Gasteiger partial charge in [-0.1, -0.05) is 60.6 Å². The molecule has 1 unspecified atom stereocenters. The van der Waals surface area contributed by atoms with Gasteiger partial charge in [-0.05, 0) is 72.4 Å². The van der Waals surface area contributed by atoms with Crippen LogP contribution < -0.4 is 5.32 Å². The Morgan fingerprint density at radius 2 is 1.79 bits per heavy atom. The highest BCUT2D eigenvalue weighted by molar-refractivity contribution is 6.34. The molecular weight excluding hydrogens is 513 g/mol. The summed E-state index contributed by atoms with van der Waals surface area (Å²) in [7, 11) is 0. The van der Waals surface area contributed by atoms with E-state index in [9.17, 15) is 14.3 Å². The summed E-state index contributed by atoms with van der Waals surface area (Å²) in [6.45, 7) is 3.76. The molecule has 1 aliphatic rings. The lowest BCUT2D eigenvalue weighted by Gasteiger charge is -2.20. The highest BCUT2D eigenvalue weighted by Crippen LogP contribution is 2.42. The predicted octanol–water partition coefficient (Wildman–Crippen LogP) is 8.10. The summed E-state index contributed by atoms with van der Waals surface area (Å²) >= 11 is 6.72. The standard InChI is InChI=1S/C32H25ClFN3O2/c1-18(38)25-17-21(32(39)37-30(19-9-10-19)20-11-14-22(34)15-12-20)13-16-23(25)29-24(5-4-6-26(29)33)31-35-27-7-2-3-8-28(27)36-31/h2-8,11-17,19,30,38H,1,9-10H2,(H,35,36)(H,37,39). The number of aromatic amines is 1. The number of carbonyl (C=O) groups is 1. The second-order valence-corrected chi connectivity index (χ2v) is 10.2. The maximum absolute atomic E-state index is 13.5. The van der Waals surface area contributed by atoms with Gasteiger partial charge in [-0.25, -0.2) is 9.37 Å². The van der Waals surface area contributed by atoms with E-state index in [0.717, 1.165) is 35.0 Å². The summed E-state index contributed by atoms with van der Waals surface area (Å²) < 4.78 is 13.5. The molecule has 0 saturated heterocycles. The van der Waals surface area contributed by atoms with Crippen LogP contribution in [0, 0.1) is 11.7 Å². The summed E-state index contributed by atoms with van der Waals surface area (Å²) in [5, 5.41) is 14.2. The first-order chi connectivity index (χ1) is 18.9. The van der Waals surface area contributed by atoms with Crippen LogP contribution in [0.5, 0.6) is 0 Å². The van der Waals surface area contributed by atoms with Crippen LogP contribution in [0.2, 0.25) is 5.02 Å². The number of para-hydroxylation sites is 2. The zero-order chi connectivity index (χ0) is 27.1. The Hall–Kier alpha value is -4.42. The molecule has 5 nitrogen and oxygen atoms in total. The van der Waals surface area contributed by atoms with Crippen molar-refractivity contribution in [3.63, 3.8) is 0 Å². The van der Waals surface area contributed by atoms with Gasteiger partial charge in [0.25, 0.3) is 5.91 Å². The van der Waals surface area contributed by atoms with Gasteiger partial charge in [0, 0.05) is 27.3 Å². The average Bonchev–Trinajstić information content (AvgIpc) is 3.69. The van der Waals surface area contributed by atoms with Crippen LogP contribution >= 0.6 is 11.6 Å². The first kappa shape index (κ1) is 24.9. The molecule has 1 saturated carbocycles. The summed E-state index contributed by atoms with van der Waals surface area (Å²) in [5.41, 5.74) is 5.37. The van der Waals surface area contributed by atoms with Crippen molar-refractivity contribution in [1.82, 2.24) is 15.3 Å². The zero-order valence-corrected chi connectivity index (χ0v) is 21.7. The molecule has 5 aromatic rings. The minimum Gasteiger partial charge on any atom is -0.508 e. The van der Waals surface area contributed by atoms with Gasteiger partial charge in [-0.3, -0.25) is 4.79 Å². The smallest absolute Gasteiger partial charge is 0.251 e. The Morgan fingerprint density at radius 3 is 2.51 bits per heavy atom. The number of carbonyl (C=O) groups excluding carboxylic acids is 1. The topological polar surface area (TPSA) is 78.0 Å². The molecule has 1 aliphatic carbocycles. The molecule has 0 spiro atoms. The molecule has 0 bridgehead atoms. The number of aliphatic hydroxyl groups is 1. The number of rotatable bonds is 7. The number of benzene rings is 4. The first-order valence-corrected chi connectivity index (χ1v) is 13.1. The fourth-order valence-corrected chi connectivity index (χ4v) is 5.29. The molecule has 0 aliphatic heterocycles. The van der Waals surface area contributed by atoms with Crippen LogP contribution in [0.15, 0.2) is 91.5 Å². The van der Waals surface area contributed by atoms with E-state index in [2.05, 4.69) is 16.9 Å². The quantitative estimate of drug-likeness (QED) is 0.183. The normalized spacial score (nSPS) is 13.8. The molecule has 1 aromatic heterocycles. The summed E-state index contributed by atoms with van der Waals surface area (Å²) in [6, 6.07) is 24.4. The minimum absolute atomic E-state index is 0.188. The molecule has 0 radical (unpaired) electrons. The number of amides is 1. The van der Waals surface area contributed by atoms with Crippen molar-refractivity contribution >= 4 is 34.3 Å². The molecule has 1 atom stereocenters. The Balaban J connectivity index is 1.38. The number of fused-ring (bicyclic) bond motifs is 1. The van der Waals surface area contributed by atoms with Crippen molar-refractivity contribution in [2.45, 2.75) is 18.9 Å². The van der Waals surface area contributed by atoms with Crippen molar-refractivity contribution < 1.29 is 14.3 Å². The van der Waals surface area contributed by atoms with Crippen molar-refractivity contribution in [3.8, 4) is 22.5 Å². The van der Waals surface area contributed by atoms with Crippen LogP contribution in [0.25, 0.3) is 39.3 Å². The Morgan fingerprint density at radius 1 is 1.03 bits per heavy atom. The number of aliphatic hydroxyl groups excluding tert-OH is 1. The van der Waals surface area contributed by atoms with Gasteiger partial charge in [0.05, 0.1) is 17.1 Å². The number of hydrogen-bond acceptors (Lipinski definition) is 3. The number of H-pyrrole nitrogens is 1. The average molecular weight is 538 g/mol. The Labute approximate surface area is 230 Å². The van der Waals surface area contributed by atoms with Gasteiger partial charge in [0.2, 0.25) is 0 Å². The first-order valence-electron chi connectivity index (χ1n) is 12.7. The fourth-order valence-electron chi connectivity index (χ4n) is 5.02. The van der Waals surface area contributed by atoms with E-state index in [1.54, 1.807) is 36.4 Å². The van der Waals surface area contributed by atoms with Crippen LogP contribution in [0.4, 0.5) is 4.39 Å². The van der Waals surface area contributed by atoms with E-state index in [0.29, 0.717) is 39.0 Å². The number of nitrogens with zero attached hydrogens (tertiary/aromatic N) is 1. The van der Waals surface area contributed by atoms with Gasteiger partial charge in [-0.2, -0.15) is 0 Å². The van der Waals surface area contributed by atoms with Crippen molar-refractivity contribution in [2.75, 3.05) is 0 Å². The molecule has 4 aromatic carbocycles. The molecule has 1 amide bonds. The zero-order valence-electron chi connectivity index (χ0n) is 20.9. The number of imidazole rings is 1. The van der Waals surface area contributed by atoms with Gasteiger partial charge in [0.15, 0.2) is 0 Å². The second-order valence-electron chi connectivity index (χ2n) is 9.81. The van der Waals surface area contributed by atoms with Crippen molar-refractivity contribution in [1.29, 1.82) is 0 Å². The maximum Gasteiger partial charge on any atom is 0.251 e. The minimum atomic E-state index is -0.317. The molecule has 1 heterocycles. The van der Waals surface area contributed by atoms with E-state index < -0.39 is 0 Å². The van der Waals surface area contributed by atoms with Crippen LogP contribution in [0.1, 0.15) is 40.4 Å². The number of hydrogen-bond donors (Lipinski definition) is 3. The van der Waals surface area contributed by atoms with E-state index in [1.165, 1.54) is 12.1 Å². The highest BCUT2D eigenvalue weighted by atomic mass is 35.5. The third-order valence-corrected chi connectivity index (χ3v) is 7.44. The Kier molecular flexibility index (Phi) is 6.41. The fraction of sp³-hybridized carbons (Fsp3) is 0.125. The lowest BCUT2D eigenvalue weighted by Crippen LogP contribution is -2.30. The van der Waals surface area contributed by atoms with Gasteiger partial charge >= 0.3 is 0 Å². The molecule has 6 rings (SSSR count). The Bertz CT molecular complexity index is 1690. The third-order valence-electron chi connectivity index (χ3n) is 7.13. The summed E-state index contributed by atoms with van der Waals surface area (Å²) in [4.78, 5) is 21.4. The van der Waals surface area contributed by atoms with E-state index >= 15 is 0 Å². The molecule has 3 N–H and O–H groups in total. The molecule has 194 valence electrons. The number of halogens is 2. The SMILES string of the molecule is C=C(O)c1cc(C(=O)NC(c2ccc(F)cc2)C2CC2)ccc1-c1c(Cl)cccc1-c1nc2ccccc2[nH]1. The lowest BCUT2D eigenvalue weighted by atomic mass is 9.92. The van der Waals surface area contributed by atoms with Crippen LogP contribution in [0.3, 0.4) is 0 Å².